The highest BCUT2D eigenvalue weighted by Gasteiger charge is 2.23. The molecule has 0 amide bonds. The third-order valence-electron chi connectivity index (χ3n) is 4.51. The average molecular weight is 277 g/mol. The Morgan fingerprint density at radius 2 is 1.71 bits per heavy atom. The molecule has 0 saturated heterocycles. The molecule has 1 aliphatic carbocycles. The molecule has 0 bridgehead atoms. The summed E-state index contributed by atoms with van der Waals surface area (Å²) in [5, 5.41) is 0. The van der Waals surface area contributed by atoms with Crippen LogP contribution < -0.4 is 5.73 Å². The topological polar surface area (TPSA) is 26.0 Å². The number of aryl methyl sites for hydroxylation is 1. The van der Waals surface area contributed by atoms with Gasteiger partial charge in [0.2, 0.25) is 0 Å². The van der Waals surface area contributed by atoms with Gasteiger partial charge < -0.3 is 5.73 Å². The predicted molar refractivity (Wildman–Crippen MR) is 90.2 cm³/mol. The molecule has 2 N–H and O–H groups in total. The van der Waals surface area contributed by atoms with Crippen LogP contribution in [0.3, 0.4) is 0 Å². The lowest BCUT2D eigenvalue weighted by molar-refractivity contribution is 0.552. The molecule has 1 aliphatic rings. The van der Waals surface area contributed by atoms with E-state index in [-0.39, 0.29) is 6.04 Å². The Morgan fingerprint density at radius 3 is 2.38 bits per heavy atom. The van der Waals surface area contributed by atoms with Crippen molar-refractivity contribution in [1.82, 2.24) is 0 Å². The zero-order valence-corrected chi connectivity index (χ0v) is 12.6. The Bertz CT molecular complexity index is 610. The summed E-state index contributed by atoms with van der Waals surface area (Å²) in [7, 11) is 0. The van der Waals surface area contributed by atoms with Crippen molar-refractivity contribution in [2.75, 3.05) is 0 Å². The quantitative estimate of drug-likeness (QED) is 0.876. The van der Waals surface area contributed by atoms with Gasteiger partial charge in [0.25, 0.3) is 0 Å². The molecular weight excluding hydrogens is 254 g/mol. The number of hydrogen-bond acceptors (Lipinski definition) is 1. The van der Waals surface area contributed by atoms with Crippen LogP contribution in [0.2, 0.25) is 0 Å². The van der Waals surface area contributed by atoms with Crippen molar-refractivity contribution in [2.24, 2.45) is 5.73 Å². The Hall–Kier alpha value is -1.86. The first-order chi connectivity index (χ1) is 10.3. The Labute approximate surface area is 127 Å². The van der Waals surface area contributed by atoms with Gasteiger partial charge in [-0.25, -0.2) is 0 Å². The molecule has 3 rings (SSSR count). The minimum Gasteiger partial charge on any atom is -0.327 e. The van der Waals surface area contributed by atoms with E-state index < -0.39 is 0 Å². The summed E-state index contributed by atoms with van der Waals surface area (Å²) in [6.07, 6.45) is 5.60. The van der Waals surface area contributed by atoms with Gasteiger partial charge in [-0.05, 0) is 41.5 Å². The molecule has 2 aromatic rings. The van der Waals surface area contributed by atoms with Crippen molar-refractivity contribution in [2.45, 2.75) is 38.1 Å². The standard InChI is InChI=1S/C20H23N/c1-2-15-8-10-17(11-9-15)19-14-18(12-13-20(19)21)16-6-4-3-5-7-16/h3-11,14,19-20H,2,12-13,21H2,1H3. The van der Waals surface area contributed by atoms with Crippen LogP contribution in [-0.4, -0.2) is 6.04 Å². The fraction of sp³-hybridized carbons (Fsp3) is 0.300. The molecular formula is C20H23N. The summed E-state index contributed by atoms with van der Waals surface area (Å²) in [5.41, 5.74) is 11.9. The summed E-state index contributed by atoms with van der Waals surface area (Å²) < 4.78 is 0. The minimum absolute atomic E-state index is 0.227. The first-order valence-electron chi connectivity index (χ1n) is 7.88. The zero-order chi connectivity index (χ0) is 14.7. The van der Waals surface area contributed by atoms with Gasteiger partial charge in [-0.3, -0.25) is 0 Å². The van der Waals surface area contributed by atoms with Gasteiger partial charge in [-0.15, -0.1) is 0 Å². The van der Waals surface area contributed by atoms with E-state index in [0.717, 1.165) is 19.3 Å². The number of benzene rings is 2. The van der Waals surface area contributed by atoms with E-state index in [2.05, 4.69) is 67.6 Å². The highest BCUT2D eigenvalue weighted by molar-refractivity contribution is 5.67. The molecule has 2 aromatic carbocycles. The highest BCUT2D eigenvalue weighted by Crippen LogP contribution is 2.34. The third-order valence-corrected chi connectivity index (χ3v) is 4.51. The normalized spacial score (nSPS) is 21.9. The maximum atomic E-state index is 6.38. The Morgan fingerprint density at radius 1 is 1.00 bits per heavy atom. The summed E-state index contributed by atoms with van der Waals surface area (Å²) in [5.74, 6) is 0.333. The second-order valence-corrected chi connectivity index (χ2v) is 5.88. The second kappa shape index (κ2) is 6.28. The van der Waals surface area contributed by atoms with Crippen molar-refractivity contribution < 1.29 is 0 Å². The number of rotatable bonds is 3. The van der Waals surface area contributed by atoms with Crippen LogP contribution in [-0.2, 0) is 6.42 Å². The van der Waals surface area contributed by atoms with E-state index in [1.54, 1.807) is 0 Å². The molecule has 108 valence electrons. The summed E-state index contributed by atoms with van der Waals surface area (Å²) in [6.45, 7) is 2.19. The fourth-order valence-electron chi connectivity index (χ4n) is 3.14. The van der Waals surface area contributed by atoms with Gasteiger partial charge in [0.1, 0.15) is 0 Å². The summed E-state index contributed by atoms with van der Waals surface area (Å²) >= 11 is 0. The van der Waals surface area contributed by atoms with Crippen molar-refractivity contribution in [3.63, 3.8) is 0 Å². The summed E-state index contributed by atoms with van der Waals surface area (Å²) in [6, 6.07) is 19.8. The van der Waals surface area contributed by atoms with Crippen LogP contribution in [0.5, 0.6) is 0 Å². The average Bonchev–Trinajstić information content (AvgIpc) is 2.56. The molecule has 0 fully saturated rings. The lowest BCUT2D eigenvalue weighted by Crippen LogP contribution is -2.30. The smallest absolute Gasteiger partial charge is 0.0176 e. The Balaban J connectivity index is 1.92. The molecule has 2 atom stereocenters. The van der Waals surface area contributed by atoms with Gasteiger partial charge in [-0.1, -0.05) is 67.6 Å². The SMILES string of the molecule is CCc1ccc(C2C=C(c3ccccc3)CCC2N)cc1. The molecule has 0 aromatic heterocycles. The van der Waals surface area contributed by atoms with Crippen molar-refractivity contribution in [3.05, 3.63) is 77.4 Å². The molecule has 0 aliphatic heterocycles. The van der Waals surface area contributed by atoms with Crippen LogP contribution in [0.1, 0.15) is 42.4 Å². The summed E-state index contributed by atoms with van der Waals surface area (Å²) in [4.78, 5) is 0. The second-order valence-electron chi connectivity index (χ2n) is 5.88. The van der Waals surface area contributed by atoms with Crippen LogP contribution in [0, 0.1) is 0 Å². The highest BCUT2D eigenvalue weighted by atomic mass is 14.7. The third kappa shape index (κ3) is 3.08. The molecule has 2 unspecified atom stereocenters. The van der Waals surface area contributed by atoms with Crippen LogP contribution >= 0.6 is 0 Å². The number of allylic oxidation sites excluding steroid dienone is 1. The van der Waals surface area contributed by atoms with Gasteiger partial charge in [0.15, 0.2) is 0 Å². The molecule has 0 heterocycles. The predicted octanol–water partition coefficient (Wildman–Crippen LogP) is 4.54. The van der Waals surface area contributed by atoms with E-state index in [4.69, 9.17) is 5.73 Å². The van der Waals surface area contributed by atoms with E-state index in [0.29, 0.717) is 5.92 Å². The van der Waals surface area contributed by atoms with Gasteiger partial charge >= 0.3 is 0 Å². The van der Waals surface area contributed by atoms with Gasteiger partial charge in [-0.2, -0.15) is 0 Å². The molecule has 0 spiro atoms. The zero-order valence-electron chi connectivity index (χ0n) is 12.6. The van der Waals surface area contributed by atoms with Gasteiger partial charge in [0.05, 0.1) is 0 Å². The maximum absolute atomic E-state index is 6.38. The van der Waals surface area contributed by atoms with Crippen molar-refractivity contribution in [3.8, 4) is 0 Å². The van der Waals surface area contributed by atoms with Crippen molar-refractivity contribution in [1.29, 1.82) is 0 Å². The molecule has 21 heavy (non-hydrogen) atoms. The molecule has 0 radical (unpaired) electrons. The van der Waals surface area contributed by atoms with Crippen molar-refractivity contribution >= 4 is 5.57 Å². The largest absolute Gasteiger partial charge is 0.327 e. The lowest BCUT2D eigenvalue weighted by Gasteiger charge is -2.28. The minimum atomic E-state index is 0.227. The Kier molecular flexibility index (Phi) is 4.21. The van der Waals surface area contributed by atoms with E-state index in [1.165, 1.54) is 22.3 Å². The van der Waals surface area contributed by atoms with E-state index in [1.807, 2.05) is 0 Å². The fourth-order valence-corrected chi connectivity index (χ4v) is 3.14. The number of hydrogen-bond donors (Lipinski definition) is 1. The van der Waals surface area contributed by atoms with Crippen LogP contribution in [0.25, 0.3) is 5.57 Å². The van der Waals surface area contributed by atoms with Gasteiger partial charge in [0, 0.05) is 12.0 Å². The number of nitrogens with two attached hydrogens (primary N) is 1. The molecule has 1 heteroatoms. The monoisotopic (exact) mass is 277 g/mol. The van der Waals surface area contributed by atoms with E-state index in [9.17, 15) is 0 Å². The molecule has 1 nitrogen and oxygen atoms in total. The van der Waals surface area contributed by atoms with E-state index >= 15 is 0 Å². The molecule has 0 saturated carbocycles. The van der Waals surface area contributed by atoms with Crippen LogP contribution in [0.4, 0.5) is 0 Å². The first kappa shape index (κ1) is 14.1. The van der Waals surface area contributed by atoms with Crippen LogP contribution in [0.15, 0.2) is 60.7 Å². The lowest BCUT2D eigenvalue weighted by atomic mass is 9.80. The first-order valence-corrected chi connectivity index (χ1v) is 7.88. The maximum Gasteiger partial charge on any atom is 0.0176 e.